The van der Waals surface area contributed by atoms with E-state index in [0.29, 0.717) is 5.69 Å². The molecule has 0 amide bonds. The predicted molar refractivity (Wildman–Crippen MR) is 84.7 cm³/mol. The number of sulfone groups is 1. The quantitative estimate of drug-likeness (QED) is 0.867. The number of alkyl halides is 2. The molecule has 0 saturated heterocycles. The number of halogens is 2. The monoisotopic (exact) mass is 341 g/mol. The molecule has 1 unspecified atom stereocenters. The molecule has 7 heteroatoms. The minimum Gasteiger partial charge on any atom is -0.435 e. The third-order valence-electron chi connectivity index (χ3n) is 3.26. The fourth-order valence-corrected chi connectivity index (χ4v) is 3.02. The van der Waals surface area contributed by atoms with Crippen LogP contribution in [0.2, 0.25) is 0 Å². The molecule has 0 spiro atoms. The van der Waals surface area contributed by atoms with Crippen LogP contribution in [0.3, 0.4) is 0 Å². The van der Waals surface area contributed by atoms with Crippen molar-refractivity contribution in [1.29, 1.82) is 0 Å². The van der Waals surface area contributed by atoms with E-state index < -0.39 is 16.4 Å². The second kappa shape index (κ2) is 6.95. The van der Waals surface area contributed by atoms with Crippen molar-refractivity contribution >= 4 is 15.5 Å². The Bertz CT molecular complexity index is 761. The summed E-state index contributed by atoms with van der Waals surface area (Å²) in [6.07, 6.45) is 1.15. The zero-order valence-electron chi connectivity index (χ0n) is 12.7. The van der Waals surface area contributed by atoms with Crippen LogP contribution >= 0.6 is 0 Å². The third kappa shape index (κ3) is 4.66. The number of nitrogens with one attached hydrogen (secondary N) is 1. The molecule has 1 atom stereocenters. The average molecular weight is 341 g/mol. The van der Waals surface area contributed by atoms with Crippen LogP contribution in [0, 0.1) is 0 Å². The molecule has 0 aliphatic carbocycles. The number of hydrogen-bond acceptors (Lipinski definition) is 4. The second-order valence-electron chi connectivity index (χ2n) is 5.08. The van der Waals surface area contributed by atoms with Gasteiger partial charge in [0.1, 0.15) is 5.75 Å². The molecule has 4 nitrogen and oxygen atoms in total. The molecule has 2 rings (SSSR count). The van der Waals surface area contributed by atoms with Crippen LogP contribution in [0.5, 0.6) is 5.75 Å². The maximum atomic E-state index is 12.1. The first-order valence-corrected chi connectivity index (χ1v) is 8.77. The van der Waals surface area contributed by atoms with E-state index in [9.17, 15) is 17.2 Å². The second-order valence-corrected chi connectivity index (χ2v) is 7.07. The summed E-state index contributed by atoms with van der Waals surface area (Å²) in [4.78, 5) is 0.213. The molecule has 0 heterocycles. The summed E-state index contributed by atoms with van der Waals surface area (Å²) in [6, 6.07) is 12.6. The number of hydrogen-bond donors (Lipinski definition) is 1. The van der Waals surface area contributed by atoms with Crippen molar-refractivity contribution in [1.82, 2.24) is 0 Å². The van der Waals surface area contributed by atoms with Gasteiger partial charge >= 0.3 is 6.61 Å². The van der Waals surface area contributed by atoms with E-state index in [0.717, 1.165) is 11.8 Å². The minimum atomic E-state index is -3.35. The smallest absolute Gasteiger partial charge is 0.387 e. The Morgan fingerprint density at radius 2 is 1.65 bits per heavy atom. The molecule has 2 aromatic rings. The van der Waals surface area contributed by atoms with Crippen molar-refractivity contribution in [3.63, 3.8) is 0 Å². The molecule has 0 bridgehead atoms. The summed E-state index contributed by atoms with van der Waals surface area (Å²) < 4.78 is 52.1. The third-order valence-corrected chi connectivity index (χ3v) is 4.42. The zero-order chi connectivity index (χ0) is 17.0. The lowest BCUT2D eigenvalue weighted by molar-refractivity contribution is -0.0498. The number of para-hydroxylation sites is 1. The molecule has 2 aromatic carbocycles. The van der Waals surface area contributed by atoms with Gasteiger partial charge in [0.25, 0.3) is 0 Å². The molecular formula is C16H17F2NO3S. The van der Waals surface area contributed by atoms with E-state index in [4.69, 9.17) is 0 Å². The standard InChI is InChI=1S/C16H17F2NO3S/c1-11(12-7-9-13(10-8-12)22-16(17)18)19-14-5-3-4-6-15(14)23(2,20)21/h3-11,16,19H,1-2H3. The van der Waals surface area contributed by atoms with Crippen molar-refractivity contribution in [2.45, 2.75) is 24.5 Å². The van der Waals surface area contributed by atoms with E-state index in [1.807, 2.05) is 6.92 Å². The van der Waals surface area contributed by atoms with Crippen molar-refractivity contribution in [3.05, 3.63) is 54.1 Å². The number of ether oxygens (including phenoxy) is 1. The molecular weight excluding hydrogens is 324 g/mol. The van der Waals surface area contributed by atoms with Crippen LogP contribution < -0.4 is 10.1 Å². The van der Waals surface area contributed by atoms with Gasteiger partial charge in [0, 0.05) is 12.3 Å². The summed E-state index contributed by atoms with van der Waals surface area (Å²) in [7, 11) is -3.35. The molecule has 0 aliphatic rings. The average Bonchev–Trinajstić information content (AvgIpc) is 2.46. The lowest BCUT2D eigenvalue weighted by Crippen LogP contribution is -2.10. The SMILES string of the molecule is CC(Nc1ccccc1S(C)(=O)=O)c1ccc(OC(F)F)cc1. The van der Waals surface area contributed by atoms with Gasteiger partial charge in [-0.15, -0.1) is 0 Å². The maximum absolute atomic E-state index is 12.1. The first-order chi connectivity index (χ1) is 10.8. The van der Waals surface area contributed by atoms with Crippen LogP contribution in [-0.4, -0.2) is 21.3 Å². The molecule has 0 aromatic heterocycles. The zero-order valence-corrected chi connectivity index (χ0v) is 13.5. The highest BCUT2D eigenvalue weighted by Crippen LogP contribution is 2.26. The van der Waals surface area contributed by atoms with Gasteiger partial charge < -0.3 is 10.1 Å². The van der Waals surface area contributed by atoms with Crippen LogP contribution in [0.1, 0.15) is 18.5 Å². The molecule has 23 heavy (non-hydrogen) atoms. The predicted octanol–water partition coefficient (Wildman–Crippen LogP) is 3.86. The number of anilines is 1. The van der Waals surface area contributed by atoms with Gasteiger partial charge in [-0.05, 0) is 36.8 Å². The number of rotatable bonds is 6. The fourth-order valence-electron chi connectivity index (χ4n) is 2.16. The molecule has 1 N–H and O–H groups in total. The van der Waals surface area contributed by atoms with Gasteiger partial charge in [-0.2, -0.15) is 8.78 Å². The Labute approximate surface area is 134 Å². The van der Waals surface area contributed by atoms with Gasteiger partial charge in [0.15, 0.2) is 9.84 Å². The van der Waals surface area contributed by atoms with E-state index in [2.05, 4.69) is 10.1 Å². The number of benzene rings is 2. The topological polar surface area (TPSA) is 55.4 Å². The summed E-state index contributed by atoms with van der Waals surface area (Å²) in [5.74, 6) is 0.0764. The van der Waals surface area contributed by atoms with Gasteiger partial charge in [-0.1, -0.05) is 24.3 Å². The van der Waals surface area contributed by atoms with Crippen LogP contribution in [0.25, 0.3) is 0 Å². The largest absolute Gasteiger partial charge is 0.435 e. The van der Waals surface area contributed by atoms with Gasteiger partial charge in [-0.3, -0.25) is 0 Å². The van der Waals surface area contributed by atoms with E-state index in [1.54, 1.807) is 30.3 Å². The van der Waals surface area contributed by atoms with Crippen molar-refractivity contribution in [2.75, 3.05) is 11.6 Å². The highest BCUT2D eigenvalue weighted by atomic mass is 32.2. The van der Waals surface area contributed by atoms with Crippen molar-refractivity contribution in [2.24, 2.45) is 0 Å². The Balaban J connectivity index is 2.18. The Hall–Kier alpha value is -2.15. The lowest BCUT2D eigenvalue weighted by atomic mass is 10.1. The molecule has 124 valence electrons. The summed E-state index contributed by atoms with van der Waals surface area (Å²) in [5, 5.41) is 3.13. The minimum absolute atomic E-state index is 0.0764. The molecule has 0 aliphatic heterocycles. The van der Waals surface area contributed by atoms with Crippen LogP contribution in [0.15, 0.2) is 53.4 Å². The van der Waals surface area contributed by atoms with Gasteiger partial charge in [0.2, 0.25) is 0 Å². The van der Waals surface area contributed by atoms with E-state index in [-0.39, 0.29) is 16.7 Å². The Morgan fingerprint density at radius 1 is 1.04 bits per heavy atom. The summed E-state index contributed by atoms with van der Waals surface area (Å²) in [6.45, 7) is -1.01. The summed E-state index contributed by atoms with van der Waals surface area (Å²) in [5.41, 5.74) is 1.31. The molecule has 0 radical (unpaired) electrons. The highest BCUT2D eigenvalue weighted by Gasteiger charge is 2.15. The maximum Gasteiger partial charge on any atom is 0.387 e. The van der Waals surface area contributed by atoms with Gasteiger partial charge in [-0.25, -0.2) is 8.42 Å². The highest BCUT2D eigenvalue weighted by molar-refractivity contribution is 7.90. The fraction of sp³-hybridized carbons (Fsp3) is 0.250. The normalized spacial score (nSPS) is 12.9. The van der Waals surface area contributed by atoms with Crippen LogP contribution in [-0.2, 0) is 9.84 Å². The molecule has 0 saturated carbocycles. The van der Waals surface area contributed by atoms with Gasteiger partial charge in [0.05, 0.1) is 10.6 Å². The summed E-state index contributed by atoms with van der Waals surface area (Å²) >= 11 is 0. The lowest BCUT2D eigenvalue weighted by Gasteiger charge is -2.18. The van der Waals surface area contributed by atoms with Crippen LogP contribution in [0.4, 0.5) is 14.5 Å². The Morgan fingerprint density at radius 3 is 2.22 bits per heavy atom. The first kappa shape index (κ1) is 17.2. The molecule has 0 fully saturated rings. The van der Waals surface area contributed by atoms with Crippen molar-refractivity contribution < 1.29 is 21.9 Å². The van der Waals surface area contributed by atoms with Crippen molar-refractivity contribution in [3.8, 4) is 5.75 Å². The van der Waals surface area contributed by atoms with E-state index in [1.165, 1.54) is 18.2 Å². The first-order valence-electron chi connectivity index (χ1n) is 6.88. The van der Waals surface area contributed by atoms with E-state index >= 15 is 0 Å². The Kier molecular flexibility index (Phi) is 5.20.